The van der Waals surface area contributed by atoms with Gasteiger partial charge in [0.2, 0.25) is 8.32 Å². The molecular weight excluding hydrogens is 265 g/mol. The second-order valence-corrected chi connectivity index (χ2v) is 9.89. The van der Waals surface area contributed by atoms with Gasteiger partial charge in [-0.2, -0.15) is 0 Å². The Bertz CT molecular complexity index is 487. The number of hydrogen-bond acceptors (Lipinski definition) is 3. The van der Waals surface area contributed by atoms with Gasteiger partial charge in [0.25, 0.3) is 5.91 Å². The Morgan fingerprint density at radius 2 is 1.95 bits per heavy atom. The number of carbonyl (C=O) groups is 1. The maximum atomic E-state index is 14.0. The summed E-state index contributed by atoms with van der Waals surface area (Å²) in [5, 5.41) is 0. The molecule has 0 radical (unpaired) electrons. The molecular formula is C13H20FNO3Si. The summed E-state index contributed by atoms with van der Waals surface area (Å²) in [6.45, 7) is 7.39. The number of ether oxygens (including phenoxy) is 1. The Morgan fingerprint density at radius 3 is 2.32 bits per heavy atom. The number of carbonyl (C=O) groups excluding carboxylic acids is 1. The number of halogens is 1. The second-order valence-electron chi connectivity index (χ2n) is 5.46. The molecule has 0 fully saturated rings. The van der Waals surface area contributed by atoms with E-state index >= 15 is 0 Å². The van der Waals surface area contributed by atoms with Crippen LogP contribution in [0.1, 0.15) is 12.5 Å². The summed E-state index contributed by atoms with van der Waals surface area (Å²) in [7, 11) is -0.529. The molecule has 106 valence electrons. The minimum Gasteiger partial charge on any atom is -0.542 e. The van der Waals surface area contributed by atoms with Crippen LogP contribution in [0.3, 0.4) is 0 Å². The SMILES string of the molecule is COC(C)(C(N)=O)c1ccc(O[Si](C)(C)C)c(F)c1. The first-order valence-corrected chi connectivity index (χ1v) is 9.35. The minimum absolute atomic E-state index is 0.186. The standard InChI is InChI=1S/C13H20FNO3Si/c1-13(17-2,12(15)16)9-6-7-11(10(14)8-9)18-19(3,4)5/h6-8H,1-5H3,(H2,15,16). The van der Waals surface area contributed by atoms with Gasteiger partial charge in [-0.15, -0.1) is 0 Å². The van der Waals surface area contributed by atoms with Gasteiger partial charge < -0.3 is 14.9 Å². The van der Waals surface area contributed by atoms with Crippen molar-refractivity contribution in [1.82, 2.24) is 0 Å². The van der Waals surface area contributed by atoms with Crippen LogP contribution in [0.25, 0.3) is 0 Å². The summed E-state index contributed by atoms with van der Waals surface area (Å²) in [6.07, 6.45) is 0. The molecule has 0 heterocycles. The van der Waals surface area contributed by atoms with Crippen LogP contribution in [0, 0.1) is 5.82 Å². The molecule has 0 aliphatic heterocycles. The van der Waals surface area contributed by atoms with Gasteiger partial charge in [0.05, 0.1) is 0 Å². The summed E-state index contributed by atoms with van der Waals surface area (Å²) >= 11 is 0. The van der Waals surface area contributed by atoms with E-state index in [0.29, 0.717) is 5.56 Å². The van der Waals surface area contributed by atoms with Gasteiger partial charge >= 0.3 is 0 Å². The Labute approximate surface area is 113 Å². The van der Waals surface area contributed by atoms with E-state index in [4.69, 9.17) is 14.9 Å². The Kier molecular flexibility index (Phi) is 4.37. The van der Waals surface area contributed by atoms with Crippen molar-refractivity contribution in [2.24, 2.45) is 5.73 Å². The number of methoxy groups -OCH3 is 1. The van der Waals surface area contributed by atoms with Gasteiger partial charge in [-0.1, -0.05) is 6.07 Å². The molecule has 0 aliphatic rings. The first kappa shape index (κ1) is 15.7. The third-order valence-corrected chi connectivity index (χ3v) is 3.61. The molecule has 19 heavy (non-hydrogen) atoms. The number of amides is 1. The van der Waals surface area contributed by atoms with Crippen LogP contribution >= 0.6 is 0 Å². The van der Waals surface area contributed by atoms with E-state index in [1.807, 2.05) is 19.6 Å². The summed E-state index contributed by atoms with van der Waals surface area (Å²) in [5.41, 5.74) is 4.31. The largest absolute Gasteiger partial charge is 0.542 e. The predicted molar refractivity (Wildman–Crippen MR) is 73.9 cm³/mol. The summed E-state index contributed by atoms with van der Waals surface area (Å²) in [4.78, 5) is 11.4. The molecule has 0 bridgehead atoms. The molecule has 0 saturated carbocycles. The van der Waals surface area contributed by atoms with Gasteiger partial charge in [-0.25, -0.2) is 4.39 Å². The highest BCUT2D eigenvalue weighted by Crippen LogP contribution is 2.29. The Morgan fingerprint density at radius 1 is 1.37 bits per heavy atom. The molecule has 1 unspecified atom stereocenters. The summed E-state index contributed by atoms with van der Waals surface area (Å²) < 4.78 is 24.7. The smallest absolute Gasteiger partial charge is 0.254 e. The monoisotopic (exact) mass is 285 g/mol. The van der Waals surface area contributed by atoms with Crippen molar-refractivity contribution in [3.8, 4) is 5.75 Å². The zero-order chi connectivity index (χ0) is 14.8. The predicted octanol–water partition coefficient (Wildman–Crippen LogP) is 2.39. The van der Waals surface area contributed by atoms with Gasteiger partial charge in [-0.05, 0) is 44.3 Å². The molecule has 0 saturated heterocycles. The lowest BCUT2D eigenvalue weighted by atomic mass is 9.95. The number of benzene rings is 1. The molecule has 1 aromatic rings. The molecule has 4 nitrogen and oxygen atoms in total. The summed E-state index contributed by atoms with van der Waals surface area (Å²) in [5.74, 6) is -1.01. The second kappa shape index (κ2) is 5.30. The van der Waals surface area contributed by atoms with E-state index < -0.39 is 25.6 Å². The average molecular weight is 285 g/mol. The molecule has 1 amide bonds. The normalized spacial score (nSPS) is 14.8. The van der Waals surface area contributed by atoms with E-state index in [1.54, 1.807) is 6.07 Å². The Balaban J connectivity index is 3.16. The van der Waals surface area contributed by atoms with Gasteiger partial charge in [0, 0.05) is 7.11 Å². The maximum absolute atomic E-state index is 14.0. The van der Waals surface area contributed by atoms with Gasteiger partial charge in [0.15, 0.2) is 11.4 Å². The zero-order valence-electron chi connectivity index (χ0n) is 11.9. The van der Waals surface area contributed by atoms with E-state index in [-0.39, 0.29) is 5.75 Å². The fourth-order valence-electron chi connectivity index (χ4n) is 1.57. The molecule has 0 aromatic heterocycles. The highest BCUT2D eigenvalue weighted by atomic mass is 28.4. The van der Waals surface area contributed by atoms with Crippen molar-refractivity contribution in [3.63, 3.8) is 0 Å². The summed E-state index contributed by atoms with van der Waals surface area (Å²) in [6, 6.07) is 4.32. The van der Waals surface area contributed by atoms with E-state index in [9.17, 15) is 9.18 Å². The van der Waals surface area contributed by atoms with Crippen molar-refractivity contribution in [3.05, 3.63) is 29.6 Å². The van der Waals surface area contributed by atoms with Crippen LogP contribution in [0.15, 0.2) is 18.2 Å². The van der Waals surface area contributed by atoms with Crippen molar-refractivity contribution in [2.45, 2.75) is 32.2 Å². The molecule has 0 spiro atoms. The lowest BCUT2D eigenvalue weighted by molar-refractivity contribution is -0.139. The highest BCUT2D eigenvalue weighted by Gasteiger charge is 2.34. The van der Waals surface area contributed by atoms with E-state index in [1.165, 1.54) is 26.2 Å². The van der Waals surface area contributed by atoms with Gasteiger partial charge in [0.1, 0.15) is 5.75 Å². The number of hydrogen-bond donors (Lipinski definition) is 1. The molecule has 1 aromatic carbocycles. The third kappa shape index (κ3) is 3.54. The molecule has 0 aliphatic carbocycles. The fourth-order valence-corrected chi connectivity index (χ4v) is 2.40. The number of primary amides is 1. The average Bonchev–Trinajstić information content (AvgIpc) is 2.28. The fraction of sp³-hybridized carbons (Fsp3) is 0.462. The van der Waals surface area contributed by atoms with Gasteiger partial charge in [-0.3, -0.25) is 4.79 Å². The zero-order valence-corrected chi connectivity index (χ0v) is 12.9. The van der Waals surface area contributed by atoms with Crippen LogP contribution in [0.5, 0.6) is 5.75 Å². The topological polar surface area (TPSA) is 61.5 Å². The molecule has 6 heteroatoms. The molecule has 1 atom stereocenters. The van der Waals surface area contributed by atoms with E-state index in [2.05, 4.69) is 0 Å². The lowest BCUT2D eigenvalue weighted by Gasteiger charge is -2.26. The maximum Gasteiger partial charge on any atom is 0.254 e. The number of rotatable bonds is 5. The van der Waals surface area contributed by atoms with Crippen LogP contribution in [-0.4, -0.2) is 21.3 Å². The van der Waals surface area contributed by atoms with Crippen LogP contribution in [-0.2, 0) is 15.1 Å². The Hall–Kier alpha value is -1.40. The van der Waals surface area contributed by atoms with Crippen molar-refractivity contribution < 1.29 is 18.3 Å². The van der Waals surface area contributed by atoms with Crippen molar-refractivity contribution >= 4 is 14.2 Å². The highest BCUT2D eigenvalue weighted by molar-refractivity contribution is 6.70. The van der Waals surface area contributed by atoms with Crippen molar-refractivity contribution in [2.75, 3.05) is 7.11 Å². The quantitative estimate of drug-likeness (QED) is 0.845. The van der Waals surface area contributed by atoms with Crippen molar-refractivity contribution in [1.29, 1.82) is 0 Å². The molecule has 2 N–H and O–H groups in total. The first-order chi connectivity index (χ1) is 8.60. The molecule has 1 rings (SSSR count). The van der Waals surface area contributed by atoms with Crippen LogP contribution in [0.4, 0.5) is 4.39 Å². The third-order valence-electron chi connectivity index (χ3n) is 2.78. The lowest BCUT2D eigenvalue weighted by Crippen LogP contribution is -2.40. The van der Waals surface area contributed by atoms with Crippen LogP contribution in [0.2, 0.25) is 19.6 Å². The minimum atomic E-state index is -1.89. The number of nitrogens with two attached hydrogens (primary N) is 1. The first-order valence-electron chi connectivity index (χ1n) is 5.94. The van der Waals surface area contributed by atoms with Crippen LogP contribution < -0.4 is 10.2 Å². The van der Waals surface area contributed by atoms with E-state index in [0.717, 1.165) is 0 Å².